The number of nitrogens with one attached hydrogen (secondary N) is 1. The molecule has 0 atom stereocenters. The molecular weight excluding hydrogens is 318 g/mol. The van der Waals surface area contributed by atoms with Gasteiger partial charge in [0, 0.05) is 6.08 Å². The number of furan rings is 1. The lowest BCUT2D eigenvalue weighted by molar-refractivity contribution is -0.138. The summed E-state index contributed by atoms with van der Waals surface area (Å²) in [6.45, 7) is 3.49. The van der Waals surface area contributed by atoms with Gasteiger partial charge in [-0.15, -0.1) is 0 Å². The van der Waals surface area contributed by atoms with Gasteiger partial charge in [-0.3, -0.25) is 4.79 Å². The molecular formula is C17H14ClNO4. The number of amides is 1. The van der Waals surface area contributed by atoms with Crippen LogP contribution in [-0.4, -0.2) is 18.5 Å². The molecule has 6 heteroatoms. The van der Waals surface area contributed by atoms with Crippen molar-refractivity contribution in [3.63, 3.8) is 0 Å². The van der Waals surface area contributed by atoms with Crippen molar-refractivity contribution in [2.24, 2.45) is 0 Å². The molecule has 1 aromatic heterocycles. The molecule has 1 heterocycles. The molecule has 1 N–H and O–H groups in total. The summed E-state index contributed by atoms with van der Waals surface area (Å²) in [5.74, 6) is -0.833. The standard InChI is InChI=1S/C17H14ClNO4/c1-2-9-23-17(21)15(11-12-6-5-10-22-12)19-16(20)13-7-3-4-8-14(13)18/h2-8,10-11H,1,9H2,(H,19,20). The van der Waals surface area contributed by atoms with Gasteiger partial charge in [-0.2, -0.15) is 0 Å². The number of ether oxygens (including phenoxy) is 1. The van der Waals surface area contributed by atoms with Crippen molar-refractivity contribution in [3.8, 4) is 0 Å². The van der Waals surface area contributed by atoms with E-state index in [1.54, 1.807) is 36.4 Å². The minimum atomic E-state index is -0.707. The minimum Gasteiger partial charge on any atom is -0.465 e. The Labute approximate surface area is 138 Å². The summed E-state index contributed by atoms with van der Waals surface area (Å²) in [5.41, 5.74) is 0.183. The maximum absolute atomic E-state index is 12.3. The third kappa shape index (κ3) is 4.59. The predicted octanol–water partition coefficient (Wildman–Crippen LogP) is 3.43. The van der Waals surface area contributed by atoms with E-state index in [1.165, 1.54) is 18.4 Å². The molecule has 0 fully saturated rings. The monoisotopic (exact) mass is 331 g/mol. The number of hydrogen-bond acceptors (Lipinski definition) is 4. The first-order valence-electron chi connectivity index (χ1n) is 6.71. The van der Waals surface area contributed by atoms with E-state index in [0.717, 1.165) is 0 Å². The van der Waals surface area contributed by atoms with Gasteiger partial charge >= 0.3 is 5.97 Å². The van der Waals surface area contributed by atoms with Gasteiger partial charge in [0.2, 0.25) is 0 Å². The smallest absolute Gasteiger partial charge is 0.355 e. The third-order valence-electron chi connectivity index (χ3n) is 2.75. The molecule has 23 heavy (non-hydrogen) atoms. The molecule has 0 saturated heterocycles. The number of esters is 1. The summed E-state index contributed by atoms with van der Waals surface area (Å²) < 4.78 is 10.1. The summed E-state index contributed by atoms with van der Waals surface area (Å²) in [7, 11) is 0. The van der Waals surface area contributed by atoms with Gasteiger partial charge in [-0.25, -0.2) is 4.79 Å². The second kappa shape index (κ2) is 8.00. The molecule has 0 bridgehead atoms. The van der Waals surface area contributed by atoms with Crippen molar-refractivity contribution in [2.75, 3.05) is 6.61 Å². The Morgan fingerprint density at radius 1 is 1.26 bits per heavy atom. The Kier molecular flexibility index (Phi) is 5.77. The van der Waals surface area contributed by atoms with Crippen LogP contribution in [0.5, 0.6) is 0 Å². The average molecular weight is 332 g/mol. The van der Waals surface area contributed by atoms with E-state index in [9.17, 15) is 9.59 Å². The third-order valence-corrected chi connectivity index (χ3v) is 3.08. The SMILES string of the molecule is C=CCOC(=O)C(=Cc1ccco1)NC(=O)c1ccccc1Cl. The molecule has 0 aliphatic heterocycles. The van der Waals surface area contributed by atoms with E-state index in [4.69, 9.17) is 20.8 Å². The molecule has 0 aliphatic carbocycles. The predicted molar refractivity (Wildman–Crippen MR) is 86.8 cm³/mol. The fourth-order valence-electron chi connectivity index (χ4n) is 1.71. The molecule has 0 unspecified atom stereocenters. The van der Waals surface area contributed by atoms with Crippen LogP contribution in [0.3, 0.4) is 0 Å². The van der Waals surface area contributed by atoms with E-state index in [-0.39, 0.29) is 22.9 Å². The molecule has 2 aromatic rings. The number of rotatable bonds is 6. The van der Waals surface area contributed by atoms with Crippen LogP contribution in [0.1, 0.15) is 16.1 Å². The lowest BCUT2D eigenvalue weighted by Crippen LogP contribution is -2.28. The van der Waals surface area contributed by atoms with Crippen molar-refractivity contribution in [2.45, 2.75) is 0 Å². The van der Waals surface area contributed by atoms with Gasteiger partial charge in [0.25, 0.3) is 5.91 Å². The first-order chi connectivity index (χ1) is 11.1. The zero-order valence-electron chi connectivity index (χ0n) is 12.1. The highest BCUT2D eigenvalue weighted by molar-refractivity contribution is 6.34. The normalized spacial score (nSPS) is 10.9. The number of hydrogen-bond donors (Lipinski definition) is 1. The van der Waals surface area contributed by atoms with Crippen molar-refractivity contribution in [3.05, 3.63) is 77.4 Å². The van der Waals surface area contributed by atoms with Crippen molar-refractivity contribution in [1.29, 1.82) is 0 Å². The Morgan fingerprint density at radius 2 is 2.04 bits per heavy atom. The summed E-state index contributed by atoms with van der Waals surface area (Å²) in [6.07, 6.45) is 4.26. The first kappa shape index (κ1) is 16.6. The van der Waals surface area contributed by atoms with Crippen LogP contribution in [0.2, 0.25) is 5.02 Å². The van der Waals surface area contributed by atoms with Crippen LogP contribution in [0.25, 0.3) is 6.08 Å². The van der Waals surface area contributed by atoms with Crippen LogP contribution in [0, 0.1) is 0 Å². The largest absolute Gasteiger partial charge is 0.465 e. The van der Waals surface area contributed by atoms with Gasteiger partial charge in [0.1, 0.15) is 18.1 Å². The average Bonchev–Trinajstić information content (AvgIpc) is 3.05. The van der Waals surface area contributed by atoms with Gasteiger partial charge in [-0.05, 0) is 24.3 Å². The van der Waals surface area contributed by atoms with E-state index in [2.05, 4.69) is 11.9 Å². The summed E-state index contributed by atoms with van der Waals surface area (Å²) in [6, 6.07) is 9.82. The summed E-state index contributed by atoms with van der Waals surface area (Å²) >= 11 is 5.98. The van der Waals surface area contributed by atoms with Gasteiger partial charge < -0.3 is 14.5 Å². The highest BCUT2D eigenvalue weighted by atomic mass is 35.5. The van der Waals surface area contributed by atoms with Crippen LogP contribution < -0.4 is 5.32 Å². The van der Waals surface area contributed by atoms with E-state index in [0.29, 0.717) is 5.76 Å². The summed E-state index contributed by atoms with van der Waals surface area (Å²) in [5, 5.41) is 2.77. The molecule has 0 aliphatic rings. The highest BCUT2D eigenvalue weighted by Crippen LogP contribution is 2.16. The fourth-order valence-corrected chi connectivity index (χ4v) is 1.93. The molecule has 0 spiro atoms. The molecule has 5 nitrogen and oxygen atoms in total. The van der Waals surface area contributed by atoms with Crippen molar-refractivity contribution in [1.82, 2.24) is 5.32 Å². The van der Waals surface area contributed by atoms with E-state index in [1.807, 2.05) is 0 Å². The zero-order valence-corrected chi connectivity index (χ0v) is 12.9. The number of benzene rings is 1. The lowest BCUT2D eigenvalue weighted by atomic mass is 10.2. The number of carbonyl (C=O) groups excluding carboxylic acids is 2. The maximum Gasteiger partial charge on any atom is 0.355 e. The number of carbonyl (C=O) groups is 2. The Bertz CT molecular complexity index is 735. The highest BCUT2D eigenvalue weighted by Gasteiger charge is 2.17. The minimum absolute atomic E-state index is 0.0241. The Hall–Kier alpha value is -2.79. The molecule has 2 rings (SSSR count). The molecule has 1 aromatic carbocycles. The lowest BCUT2D eigenvalue weighted by Gasteiger charge is -2.09. The van der Waals surface area contributed by atoms with Gasteiger partial charge in [0.05, 0.1) is 16.8 Å². The van der Waals surface area contributed by atoms with Crippen molar-refractivity contribution < 1.29 is 18.7 Å². The van der Waals surface area contributed by atoms with E-state index >= 15 is 0 Å². The van der Waals surface area contributed by atoms with Crippen LogP contribution in [-0.2, 0) is 9.53 Å². The quantitative estimate of drug-likeness (QED) is 0.500. The fraction of sp³-hybridized carbons (Fsp3) is 0.0588. The van der Waals surface area contributed by atoms with Crippen LogP contribution >= 0.6 is 11.6 Å². The zero-order chi connectivity index (χ0) is 16.7. The van der Waals surface area contributed by atoms with E-state index < -0.39 is 11.9 Å². The molecule has 118 valence electrons. The second-order valence-corrected chi connectivity index (χ2v) is 4.80. The molecule has 1 amide bonds. The maximum atomic E-state index is 12.3. The van der Waals surface area contributed by atoms with Crippen LogP contribution in [0.4, 0.5) is 0 Å². The Morgan fingerprint density at radius 3 is 2.70 bits per heavy atom. The van der Waals surface area contributed by atoms with Crippen molar-refractivity contribution >= 4 is 29.6 Å². The second-order valence-electron chi connectivity index (χ2n) is 4.39. The van der Waals surface area contributed by atoms with Gasteiger partial charge in [0.15, 0.2) is 0 Å². The Balaban J connectivity index is 2.24. The summed E-state index contributed by atoms with van der Waals surface area (Å²) in [4.78, 5) is 24.3. The number of halogens is 1. The van der Waals surface area contributed by atoms with Gasteiger partial charge in [-0.1, -0.05) is 36.4 Å². The topological polar surface area (TPSA) is 68.5 Å². The molecule has 0 saturated carbocycles. The van der Waals surface area contributed by atoms with Crippen LogP contribution in [0.15, 0.2) is 65.4 Å². The molecule has 0 radical (unpaired) electrons. The first-order valence-corrected chi connectivity index (χ1v) is 7.08.